The highest BCUT2D eigenvalue weighted by molar-refractivity contribution is 5.70. The van der Waals surface area contributed by atoms with Gasteiger partial charge in [0.25, 0.3) is 0 Å². The maximum absolute atomic E-state index is 9.03. The number of aliphatic hydroxyl groups excluding tert-OH is 1. The summed E-state index contributed by atoms with van der Waals surface area (Å²) in [7, 11) is 0. The van der Waals surface area contributed by atoms with Crippen molar-refractivity contribution in [3.05, 3.63) is 78.5 Å². The number of ether oxygens (including phenoxy) is 1. The zero-order valence-corrected chi connectivity index (χ0v) is 11.4. The summed E-state index contributed by atoms with van der Waals surface area (Å²) in [6.45, 7) is -0.0200. The molecule has 0 unspecified atom stereocenters. The van der Waals surface area contributed by atoms with Crippen LogP contribution >= 0.6 is 0 Å². The number of benzene rings is 2. The molecule has 0 aliphatic heterocycles. The van der Waals surface area contributed by atoms with Gasteiger partial charge >= 0.3 is 0 Å². The summed E-state index contributed by atoms with van der Waals surface area (Å²) in [4.78, 5) is 4.20. The van der Waals surface area contributed by atoms with Gasteiger partial charge < -0.3 is 9.84 Å². The zero-order valence-electron chi connectivity index (χ0n) is 11.4. The lowest BCUT2D eigenvalue weighted by Gasteiger charge is -2.10. The Bertz CT molecular complexity index is 709. The molecule has 0 amide bonds. The summed E-state index contributed by atoms with van der Waals surface area (Å²) >= 11 is 0. The molecular formula is C18H15NO2. The van der Waals surface area contributed by atoms with E-state index >= 15 is 0 Å². The lowest BCUT2D eigenvalue weighted by Crippen LogP contribution is -1.92. The summed E-state index contributed by atoms with van der Waals surface area (Å²) in [5, 5.41) is 9.03. The van der Waals surface area contributed by atoms with Gasteiger partial charge in [0.15, 0.2) is 0 Å². The van der Waals surface area contributed by atoms with Gasteiger partial charge in [0.1, 0.15) is 5.75 Å². The quantitative estimate of drug-likeness (QED) is 0.782. The van der Waals surface area contributed by atoms with E-state index in [-0.39, 0.29) is 6.61 Å². The summed E-state index contributed by atoms with van der Waals surface area (Å²) in [5.74, 6) is 1.27. The first-order valence-corrected chi connectivity index (χ1v) is 6.75. The summed E-state index contributed by atoms with van der Waals surface area (Å²) in [5.41, 5.74) is 2.88. The molecule has 0 radical (unpaired) electrons. The van der Waals surface area contributed by atoms with Gasteiger partial charge in [0.2, 0.25) is 5.88 Å². The van der Waals surface area contributed by atoms with Crippen molar-refractivity contribution in [2.45, 2.75) is 6.61 Å². The molecule has 104 valence electrons. The van der Waals surface area contributed by atoms with E-state index in [1.54, 1.807) is 18.3 Å². The number of rotatable bonds is 4. The van der Waals surface area contributed by atoms with Crippen molar-refractivity contribution in [3.63, 3.8) is 0 Å². The van der Waals surface area contributed by atoms with E-state index < -0.39 is 0 Å². The average Bonchev–Trinajstić information content (AvgIpc) is 2.57. The fraction of sp³-hybridized carbons (Fsp3) is 0.0556. The standard InChI is InChI=1S/C18H15NO2/c20-13-14-10-11-18(19-12-14)21-17-9-5-4-8-16(17)15-6-2-1-3-7-15/h1-12,20H,13H2. The highest BCUT2D eigenvalue weighted by Gasteiger charge is 2.07. The highest BCUT2D eigenvalue weighted by Crippen LogP contribution is 2.32. The Hall–Kier alpha value is -2.65. The monoisotopic (exact) mass is 277 g/mol. The molecule has 0 bridgehead atoms. The second kappa shape index (κ2) is 6.20. The molecule has 0 saturated carbocycles. The van der Waals surface area contributed by atoms with Crippen LogP contribution in [-0.4, -0.2) is 10.1 Å². The van der Waals surface area contributed by atoms with E-state index in [0.717, 1.165) is 22.4 Å². The van der Waals surface area contributed by atoms with Gasteiger partial charge in [-0.3, -0.25) is 0 Å². The van der Waals surface area contributed by atoms with Gasteiger partial charge in [0, 0.05) is 17.8 Å². The molecule has 3 aromatic rings. The molecule has 21 heavy (non-hydrogen) atoms. The third-order valence-corrected chi connectivity index (χ3v) is 3.17. The molecule has 0 saturated heterocycles. The minimum absolute atomic E-state index is 0.0200. The van der Waals surface area contributed by atoms with Gasteiger partial charge in [-0.2, -0.15) is 0 Å². The third-order valence-electron chi connectivity index (χ3n) is 3.17. The molecule has 3 heteroatoms. The molecule has 3 rings (SSSR count). The molecule has 1 heterocycles. The van der Waals surface area contributed by atoms with Crippen LogP contribution in [0.4, 0.5) is 0 Å². The maximum atomic E-state index is 9.03. The van der Waals surface area contributed by atoms with E-state index in [4.69, 9.17) is 9.84 Å². The van der Waals surface area contributed by atoms with Crippen molar-refractivity contribution < 1.29 is 9.84 Å². The van der Waals surface area contributed by atoms with Crippen LogP contribution in [0.2, 0.25) is 0 Å². The van der Waals surface area contributed by atoms with E-state index in [9.17, 15) is 0 Å². The fourth-order valence-corrected chi connectivity index (χ4v) is 2.09. The average molecular weight is 277 g/mol. The minimum Gasteiger partial charge on any atom is -0.438 e. The number of hydrogen-bond donors (Lipinski definition) is 1. The Kier molecular flexibility index (Phi) is 3.94. The Morgan fingerprint density at radius 2 is 1.62 bits per heavy atom. The van der Waals surface area contributed by atoms with Crippen molar-refractivity contribution in [2.24, 2.45) is 0 Å². The van der Waals surface area contributed by atoms with Crippen LogP contribution in [0.1, 0.15) is 5.56 Å². The number of nitrogens with zero attached hydrogens (tertiary/aromatic N) is 1. The molecule has 3 nitrogen and oxygen atoms in total. The molecular weight excluding hydrogens is 262 g/mol. The second-order valence-corrected chi connectivity index (χ2v) is 4.63. The van der Waals surface area contributed by atoms with Gasteiger partial charge in [-0.25, -0.2) is 4.98 Å². The minimum atomic E-state index is -0.0200. The summed E-state index contributed by atoms with van der Waals surface area (Å²) < 4.78 is 5.87. The Morgan fingerprint density at radius 3 is 2.33 bits per heavy atom. The Balaban J connectivity index is 1.92. The highest BCUT2D eigenvalue weighted by atomic mass is 16.5. The molecule has 0 fully saturated rings. The fourth-order valence-electron chi connectivity index (χ4n) is 2.09. The molecule has 1 aromatic heterocycles. The van der Waals surface area contributed by atoms with Crippen molar-refractivity contribution in [2.75, 3.05) is 0 Å². The van der Waals surface area contributed by atoms with Crippen molar-refractivity contribution in [1.29, 1.82) is 0 Å². The third kappa shape index (κ3) is 3.09. The Labute approximate surface area is 123 Å². The number of para-hydroxylation sites is 1. The first-order valence-electron chi connectivity index (χ1n) is 6.75. The SMILES string of the molecule is OCc1ccc(Oc2ccccc2-c2ccccc2)nc1. The molecule has 2 aromatic carbocycles. The van der Waals surface area contributed by atoms with E-state index in [2.05, 4.69) is 4.98 Å². The molecule has 0 atom stereocenters. The van der Waals surface area contributed by atoms with Crippen LogP contribution in [-0.2, 0) is 6.61 Å². The lowest BCUT2D eigenvalue weighted by molar-refractivity contribution is 0.281. The van der Waals surface area contributed by atoms with Crippen LogP contribution < -0.4 is 4.74 Å². The van der Waals surface area contributed by atoms with Crippen LogP contribution in [0.25, 0.3) is 11.1 Å². The van der Waals surface area contributed by atoms with Gasteiger partial charge in [0.05, 0.1) is 6.61 Å². The second-order valence-electron chi connectivity index (χ2n) is 4.63. The van der Waals surface area contributed by atoms with Crippen molar-refractivity contribution in [1.82, 2.24) is 4.98 Å². The predicted molar refractivity (Wildman–Crippen MR) is 82.1 cm³/mol. The lowest BCUT2D eigenvalue weighted by atomic mass is 10.1. The smallest absolute Gasteiger partial charge is 0.219 e. The summed E-state index contributed by atoms with van der Waals surface area (Å²) in [6.07, 6.45) is 1.61. The van der Waals surface area contributed by atoms with Crippen LogP contribution in [0, 0.1) is 0 Å². The number of pyridine rings is 1. The zero-order chi connectivity index (χ0) is 14.5. The predicted octanol–water partition coefficient (Wildman–Crippen LogP) is 4.03. The van der Waals surface area contributed by atoms with Gasteiger partial charge in [-0.15, -0.1) is 0 Å². The number of aromatic nitrogens is 1. The van der Waals surface area contributed by atoms with Crippen LogP contribution in [0.15, 0.2) is 72.9 Å². The van der Waals surface area contributed by atoms with E-state index in [1.807, 2.05) is 54.6 Å². The summed E-state index contributed by atoms with van der Waals surface area (Å²) in [6, 6.07) is 21.5. The van der Waals surface area contributed by atoms with E-state index in [1.165, 1.54) is 0 Å². The molecule has 0 spiro atoms. The number of hydrogen-bond acceptors (Lipinski definition) is 3. The van der Waals surface area contributed by atoms with Crippen LogP contribution in [0.5, 0.6) is 11.6 Å². The first-order chi connectivity index (χ1) is 10.4. The van der Waals surface area contributed by atoms with Crippen molar-refractivity contribution >= 4 is 0 Å². The molecule has 1 N–H and O–H groups in total. The molecule has 0 aliphatic rings. The number of aliphatic hydroxyl groups is 1. The largest absolute Gasteiger partial charge is 0.438 e. The topological polar surface area (TPSA) is 42.4 Å². The van der Waals surface area contributed by atoms with Crippen molar-refractivity contribution in [3.8, 4) is 22.8 Å². The molecule has 0 aliphatic carbocycles. The van der Waals surface area contributed by atoms with Crippen LogP contribution in [0.3, 0.4) is 0 Å². The van der Waals surface area contributed by atoms with Gasteiger partial charge in [-0.05, 0) is 23.3 Å². The Morgan fingerprint density at radius 1 is 0.857 bits per heavy atom. The van der Waals surface area contributed by atoms with E-state index in [0.29, 0.717) is 5.88 Å². The first kappa shape index (κ1) is 13.3. The maximum Gasteiger partial charge on any atom is 0.219 e. The normalized spacial score (nSPS) is 10.3. The van der Waals surface area contributed by atoms with Gasteiger partial charge in [-0.1, -0.05) is 48.5 Å².